The van der Waals surface area contributed by atoms with Crippen molar-refractivity contribution < 1.29 is 4.74 Å². The highest BCUT2D eigenvalue weighted by atomic mass is 16.5. The van der Waals surface area contributed by atoms with E-state index in [1.807, 2.05) is 0 Å². The van der Waals surface area contributed by atoms with Crippen molar-refractivity contribution in [3.63, 3.8) is 0 Å². The van der Waals surface area contributed by atoms with Crippen LogP contribution < -0.4 is 10.1 Å². The van der Waals surface area contributed by atoms with Gasteiger partial charge in [0.25, 0.3) is 0 Å². The Bertz CT molecular complexity index is 390. The molecule has 1 aliphatic rings. The molecule has 0 spiro atoms. The van der Waals surface area contributed by atoms with Gasteiger partial charge < -0.3 is 15.0 Å². The summed E-state index contributed by atoms with van der Waals surface area (Å²) in [5.41, 5.74) is 1.36. The second-order valence-electron chi connectivity index (χ2n) is 5.63. The normalized spacial score (nSPS) is 21.6. The predicted molar refractivity (Wildman–Crippen MR) is 84.3 cm³/mol. The van der Waals surface area contributed by atoms with Crippen molar-refractivity contribution in [3.05, 3.63) is 29.8 Å². The number of rotatable bonds is 6. The van der Waals surface area contributed by atoms with Crippen molar-refractivity contribution in [2.75, 3.05) is 26.7 Å². The van der Waals surface area contributed by atoms with Crippen LogP contribution in [0, 0.1) is 0 Å². The van der Waals surface area contributed by atoms with Crippen LogP contribution in [-0.2, 0) is 0 Å². The number of methoxy groups -OCH3 is 1. The summed E-state index contributed by atoms with van der Waals surface area (Å²) < 4.78 is 5.23. The van der Waals surface area contributed by atoms with Crippen molar-refractivity contribution >= 4 is 0 Å². The van der Waals surface area contributed by atoms with Crippen molar-refractivity contribution in [2.24, 2.45) is 0 Å². The van der Waals surface area contributed by atoms with Crippen molar-refractivity contribution in [1.82, 2.24) is 10.2 Å². The molecule has 1 saturated heterocycles. The molecule has 3 nitrogen and oxygen atoms in total. The second kappa shape index (κ2) is 7.65. The molecule has 1 fully saturated rings. The Morgan fingerprint density at radius 2 is 2.05 bits per heavy atom. The number of nitrogens with one attached hydrogen (secondary N) is 1. The third-order valence-corrected chi connectivity index (χ3v) is 4.32. The molecule has 0 aromatic heterocycles. The zero-order chi connectivity index (χ0) is 14.4. The van der Waals surface area contributed by atoms with Crippen LogP contribution in [0.2, 0.25) is 0 Å². The van der Waals surface area contributed by atoms with Crippen LogP contribution in [0.5, 0.6) is 5.75 Å². The zero-order valence-electron chi connectivity index (χ0n) is 13.1. The summed E-state index contributed by atoms with van der Waals surface area (Å²) in [6.45, 7) is 8.11. The first kappa shape index (κ1) is 15.3. The molecule has 112 valence electrons. The number of likely N-dealkylation sites (tertiary alicyclic amines) is 1. The monoisotopic (exact) mass is 276 g/mol. The number of piperidine rings is 1. The van der Waals surface area contributed by atoms with Gasteiger partial charge in [-0.25, -0.2) is 0 Å². The Kier molecular flexibility index (Phi) is 5.86. The predicted octanol–water partition coefficient (Wildman–Crippen LogP) is 3.22. The van der Waals surface area contributed by atoms with Gasteiger partial charge in [0.1, 0.15) is 5.75 Å². The lowest BCUT2D eigenvalue weighted by molar-refractivity contribution is 0.189. The SMILES string of the molecule is CCC(NC1CCCN(CC)C1)c1ccc(OC)cc1. The Hall–Kier alpha value is -1.06. The fraction of sp³-hybridized carbons (Fsp3) is 0.647. The maximum atomic E-state index is 5.23. The van der Waals surface area contributed by atoms with Gasteiger partial charge in [0.15, 0.2) is 0 Å². The Balaban J connectivity index is 1.97. The van der Waals surface area contributed by atoms with Gasteiger partial charge in [0, 0.05) is 18.6 Å². The molecule has 0 aliphatic carbocycles. The summed E-state index contributed by atoms with van der Waals surface area (Å²) in [6, 6.07) is 9.54. The van der Waals surface area contributed by atoms with Gasteiger partial charge in [0.05, 0.1) is 7.11 Å². The topological polar surface area (TPSA) is 24.5 Å². The van der Waals surface area contributed by atoms with E-state index >= 15 is 0 Å². The first-order chi connectivity index (χ1) is 9.76. The summed E-state index contributed by atoms with van der Waals surface area (Å²) in [6.07, 6.45) is 3.72. The first-order valence-electron chi connectivity index (χ1n) is 7.89. The van der Waals surface area contributed by atoms with Crippen LogP contribution in [0.3, 0.4) is 0 Å². The molecular weight excluding hydrogens is 248 g/mol. The average Bonchev–Trinajstić information content (AvgIpc) is 2.53. The molecule has 1 heterocycles. The molecule has 2 atom stereocenters. The fourth-order valence-electron chi connectivity index (χ4n) is 3.05. The van der Waals surface area contributed by atoms with E-state index in [2.05, 4.69) is 48.3 Å². The van der Waals surface area contributed by atoms with Gasteiger partial charge in [-0.2, -0.15) is 0 Å². The standard InChI is InChI=1S/C17H28N2O/c1-4-17(14-8-10-16(20-3)11-9-14)18-15-7-6-12-19(5-2)13-15/h8-11,15,17-18H,4-7,12-13H2,1-3H3. The maximum Gasteiger partial charge on any atom is 0.118 e. The number of hydrogen-bond acceptors (Lipinski definition) is 3. The van der Waals surface area contributed by atoms with Gasteiger partial charge in [0.2, 0.25) is 0 Å². The Morgan fingerprint density at radius 1 is 1.30 bits per heavy atom. The van der Waals surface area contributed by atoms with E-state index < -0.39 is 0 Å². The molecular formula is C17H28N2O. The number of hydrogen-bond donors (Lipinski definition) is 1. The molecule has 1 aliphatic heterocycles. The van der Waals surface area contributed by atoms with Crippen LogP contribution in [0.25, 0.3) is 0 Å². The van der Waals surface area contributed by atoms with E-state index in [9.17, 15) is 0 Å². The number of nitrogens with zero attached hydrogens (tertiary/aromatic N) is 1. The third kappa shape index (κ3) is 3.97. The van der Waals surface area contributed by atoms with Crippen LogP contribution in [-0.4, -0.2) is 37.7 Å². The molecule has 2 rings (SSSR count). The number of likely N-dealkylation sites (N-methyl/N-ethyl adjacent to an activating group) is 1. The molecule has 0 radical (unpaired) electrons. The van der Waals surface area contributed by atoms with Crippen molar-refractivity contribution in [3.8, 4) is 5.75 Å². The number of benzene rings is 1. The summed E-state index contributed by atoms with van der Waals surface area (Å²) in [5.74, 6) is 0.929. The minimum Gasteiger partial charge on any atom is -0.497 e. The minimum absolute atomic E-state index is 0.447. The molecule has 0 saturated carbocycles. The van der Waals surface area contributed by atoms with E-state index in [1.165, 1.54) is 31.5 Å². The lowest BCUT2D eigenvalue weighted by atomic mass is 10.00. The van der Waals surface area contributed by atoms with Crippen LogP contribution >= 0.6 is 0 Å². The highest BCUT2D eigenvalue weighted by Crippen LogP contribution is 2.22. The van der Waals surface area contributed by atoms with E-state index in [0.29, 0.717) is 12.1 Å². The Labute approximate surface area is 123 Å². The second-order valence-corrected chi connectivity index (χ2v) is 5.63. The largest absolute Gasteiger partial charge is 0.497 e. The molecule has 20 heavy (non-hydrogen) atoms. The molecule has 1 aromatic rings. The summed E-state index contributed by atoms with van der Waals surface area (Å²) in [5, 5.41) is 3.84. The van der Waals surface area contributed by atoms with E-state index in [-0.39, 0.29) is 0 Å². The quantitative estimate of drug-likeness (QED) is 0.863. The highest BCUT2D eigenvalue weighted by molar-refractivity contribution is 5.29. The molecule has 1 N–H and O–H groups in total. The first-order valence-corrected chi connectivity index (χ1v) is 7.89. The van der Waals surface area contributed by atoms with Gasteiger partial charge in [-0.1, -0.05) is 26.0 Å². The van der Waals surface area contributed by atoms with Gasteiger partial charge in [-0.15, -0.1) is 0 Å². The fourth-order valence-corrected chi connectivity index (χ4v) is 3.05. The number of ether oxygens (including phenoxy) is 1. The van der Waals surface area contributed by atoms with Crippen LogP contribution in [0.15, 0.2) is 24.3 Å². The van der Waals surface area contributed by atoms with E-state index in [0.717, 1.165) is 18.7 Å². The zero-order valence-corrected chi connectivity index (χ0v) is 13.1. The summed E-state index contributed by atoms with van der Waals surface area (Å²) >= 11 is 0. The molecule has 1 aromatic carbocycles. The highest BCUT2D eigenvalue weighted by Gasteiger charge is 2.21. The van der Waals surface area contributed by atoms with E-state index in [1.54, 1.807) is 7.11 Å². The lowest BCUT2D eigenvalue weighted by Crippen LogP contribution is -2.46. The summed E-state index contributed by atoms with van der Waals surface area (Å²) in [4.78, 5) is 2.54. The third-order valence-electron chi connectivity index (χ3n) is 4.32. The van der Waals surface area contributed by atoms with Crippen molar-refractivity contribution in [1.29, 1.82) is 0 Å². The van der Waals surface area contributed by atoms with Gasteiger partial charge >= 0.3 is 0 Å². The molecule has 3 heteroatoms. The smallest absolute Gasteiger partial charge is 0.118 e. The van der Waals surface area contributed by atoms with Crippen molar-refractivity contribution in [2.45, 2.75) is 45.2 Å². The Morgan fingerprint density at radius 3 is 2.65 bits per heavy atom. The molecule has 0 amide bonds. The average molecular weight is 276 g/mol. The molecule has 2 unspecified atom stereocenters. The van der Waals surface area contributed by atoms with Crippen LogP contribution in [0.4, 0.5) is 0 Å². The molecule has 0 bridgehead atoms. The maximum absolute atomic E-state index is 5.23. The van der Waals surface area contributed by atoms with Gasteiger partial charge in [-0.3, -0.25) is 0 Å². The van der Waals surface area contributed by atoms with E-state index in [4.69, 9.17) is 4.74 Å². The minimum atomic E-state index is 0.447. The lowest BCUT2D eigenvalue weighted by Gasteiger charge is -2.34. The van der Waals surface area contributed by atoms with Crippen LogP contribution in [0.1, 0.15) is 44.7 Å². The summed E-state index contributed by atoms with van der Waals surface area (Å²) in [7, 11) is 1.71. The van der Waals surface area contributed by atoms with Gasteiger partial charge in [-0.05, 0) is 50.0 Å².